The fourth-order valence-electron chi connectivity index (χ4n) is 4.55. The number of hydrogen-bond donors (Lipinski definition) is 2. The van der Waals surface area contributed by atoms with Gasteiger partial charge in [0, 0.05) is 49.5 Å². The summed E-state index contributed by atoms with van der Waals surface area (Å²) in [4.78, 5) is 31.6. The molecule has 16 heteroatoms. The summed E-state index contributed by atoms with van der Waals surface area (Å²) in [5.74, 6) is -2.03. The number of ether oxygens (including phenoxy) is 1. The zero-order valence-corrected chi connectivity index (χ0v) is 21.6. The van der Waals surface area contributed by atoms with E-state index in [9.17, 15) is 23.7 Å². The summed E-state index contributed by atoms with van der Waals surface area (Å²) in [5.41, 5.74) is 3.34. The van der Waals surface area contributed by atoms with Crippen molar-refractivity contribution in [2.75, 3.05) is 25.1 Å². The summed E-state index contributed by atoms with van der Waals surface area (Å²) in [6.45, 7) is 1.69. The number of alkyl halides is 3. The molecule has 2 atom stereocenters. The lowest BCUT2D eigenvalue weighted by Gasteiger charge is -2.23. The predicted octanol–water partition coefficient (Wildman–Crippen LogP) is 3.24. The SMILES string of the molecule is COCc1cnc(N2CC[C@H]([C@H](CC#N)n3cc(-c4ncnc5[nH]ccc45)cn3)C2)c(C#N)n1.O=C(O)C(F)(F)F. The molecule has 41 heavy (non-hydrogen) atoms. The molecule has 1 saturated heterocycles. The van der Waals surface area contributed by atoms with E-state index in [1.807, 2.05) is 23.1 Å². The number of carbonyl (C=O) groups is 1. The van der Waals surface area contributed by atoms with Crippen molar-refractivity contribution in [3.05, 3.63) is 48.6 Å². The van der Waals surface area contributed by atoms with Gasteiger partial charge in [-0.15, -0.1) is 0 Å². The molecule has 212 valence electrons. The molecule has 5 rings (SSSR count). The molecule has 0 saturated carbocycles. The second-order valence-electron chi connectivity index (χ2n) is 8.98. The molecule has 0 aromatic carbocycles. The number of nitriles is 2. The van der Waals surface area contributed by atoms with Crippen LogP contribution in [0.5, 0.6) is 0 Å². The highest BCUT2D eigenvalue weighted by atomic mass is 19.4. The lowest BCUT2D eigenvalue weighted by Crippen LogP contribution is -2.26. The summed E-state index contributed by atoms with van der Waals surface area (Å²) >= 11 is 0. The van der Waals surface area contributed by atoms with E-state index in [1.54, 1.807) is 19.5 Å². The van der Waals surface area contributed by atoms with Crippen molar-refractivity contribution in [2.45, 2.75) is 31.7 Å². The molecule has 13 nitrogen and oxygen atoms in total. The second kappa shape index (κ2) is 12.4. The average molecular weight is 569 g/mol. The van der Waals surface area contributed by atoms with Gasteiger partial charge in [-0.1, -0.05) is 0 Å². The van der Waals surface area contributed by atoms with Crippen LogP contribution in [0.15, 0.2) is 37.2 Å². The number of rotatable bonds is 7. The molecule has 0 radical (unpaired) electrons. The number of H-pyrrole nitrogens is 1. The van der Waals surface area contributed by atoms with E-state index in [0.29, 0.717) is 31.1 Å². The Bertz CT molecular complexity index is 1600. The van der Waals surface area contributed by atoms with Gasteiger partial charge < -0.3 is 19.7 Å². The van der Waals surface area contributed by atoms with E-state index in [0.717, 1.165) is 35.3 Å². The van der Waals surface area contributed by atoms with Crippen molar-refractivity contribution in [2.24, 2.45) is 5.92 Å². The minimum absolute atomic E-state index is 0.112. The third-order valence-corrected chi connectivity index (χ3v) is 6.38. The fraction of sp³-hybridized carbons (Fsp3) is 0.360. The molecule has 4 aromatic rings. The van der Waals surface area contributed by atoms with Crippen LogP contribution in [-0.4, -0.2) is 72.2 Å². The second-order valence-corrected chi connectivity index (χ2v) is 8.98. The molecule has 1 aliphatic rings. The third-order valence-electron chi connectivity index (χ3n) is 6.38. The molecule has 0 amide bonds. The van der Waals surface area contributed by atoms with Crippen molar-refractivity contribution < 1.29 is 27.8 Å². The first-order valence-corrected chi connectivity index (χ1v) is 12.2. The van der Waals surface area contributed by atoms with Crippen LogP contribution in [0.3, 0.4) is 0 Å². The molecular formula is C25H23F3N10O3. The minimum Gasteiger partial charge on any atom is -0.475 e. The molecule has 1 aliphatic heterocycles. The maximum absolute atomic E-state index is 10.6. The van der Waals surface area contributed by atoms with Crippen molar-refractivity contribution >= 4 is 22.8 Å². The van der Waals surface area contributed by atoms with Crippen LogP contribution in [0.25, 0.3) is 22.3 Å². The zero-order valence-electron chi connectivity index (χ0n) is 21.6. The summed E-state index contributed by atoms with van der Waals surface area (Å²) in [6.07, 6.45) is 4.82. The molecule has 5 heterocycles. The van der Waals surface area contributed by atoms with Gasteiger partial charge in [0.05, 0.1) is 48.9 Å². The number of methoxy groups -OCH3 is 1. The number of aromatic amines is 1. The van der Waals surface area contributed by atoms with Crippen molar-refractivity contribution in [1.29, 1.82) is 10.5 Å². The predicted molar refractivity (Wildman–Crippen MR) is 136 cm³/mol. The average Bonchev–Trinajstić information content (AvgIpc) is 3.72. The van der Waals surface area contributed by atoms with Crippen LogP contribution in [0.4, 0.5) is 19.0 Å². The van der Waals surface area contributed by atoms with Gasteiger partial charge in [0.2, 0.25) is 0 Å². The first-order valence-electron chi connectivity index (χ1n) is 12.2. The maximum atomic E-state index is 10.6. The Morgan fingerprint density at radius 3 is 2.76 bits per heavy atom. The maximum Gasteiger partial charge on any atom is 0.490 e. The minimum atomic E-state index is -5.08. The van der Waals surface area contributed by atoms with Gasteiger partial charge >= 0.3 is 12.1 Å². The fourth-order valence-corrected chi connectivity index (χ4v) is 4.55. The normalized spacial score (nSPS) is 15.6. The number of fused-ring (bicyclic) bond motifs is 1. The van der Waals surface area contributed by atoms with E-state index in [1.165, 1.54) is 6.33 Å². The Kier molecular flexibility index (Phi) is 8.74. The van der Waals surface area contributed by atoms with E-state index in [4.69, 9.17) is 14.6 Å². The molecule has 0 bridgehead atoms. The number of anilines is 1. The van der Waals surface area contributed by atoms with Gasteiger partial charge in [0.1, 0.15) is 18.0 Å². The van der Waals surface area contributed by atoms with Crippen LogP contribution in [0.2, 0.25) is 0 Å². The van der Waals surface area contributed by atoms with Gasteiger partial charge in [-0.05, 0) is 12.5 Å². The topological polar surface area (TPSA) is 183 Å². The highest BCUT2D eigenvalue weighted by Crippen LogP contribution is 2.34. The molecule has 4 aromatic heterocycles. The van der Waals surface area contributed by atoms with E-state index in [2.05, 4.69) is 47.1 Å². The molecule has 0 spiro atoms. The van der Waals surface area contributed by atoms with E-state index in [-0.39, 0.29) is 17.7 Å². The van der Waals surface area contributed by atoms with Gasteiger partial charge in [0.15, 0.2) is 11.5 Å². The Labute approximate surface area is 230 Å². The van der Waals surface area contributed by atoms with Crippen LogP contribution in [0, 0.1) is 28.6 Å². The van der Waals surface area contributed by atoms with Crippen molar-refractivity contribution in [1.82, 2.24) is 34.7 Å². The standard InChI is InChI=1S/C23H22N10O.C2HF3O2/c1-34-13-17-10-27-23(19(8-25)31-17)32-7-4-15(11-32)20(2-5-24)33-12-16(9-30-33)21-18-3-6-26-22(18)29-14-28-21;3-2(4,5)1(6)7/h3,6,9-10,12,14-15,20H,2,4,7,11,13H2,1H3,(H,26,28,29);(H,6,7)/t15-,20-;/m0./s1. The molecule has 1 fully saturated rings. The third kappa shape index (κ3) is 6.56. The highest BCUT2D eigenvalue weighted by Gasteiger charge is 2.38. The molecule has 0 unspecified atom stereocenters. The van der Waals surface area contributed by atoms with E-state index < -0.39 is 12.1 Å². The van der Waals surface area contributed by atoms with Gasteiger partial charge in [-0.25, -0.2) is 24.7 Å². The van der Waals surface area contributed by atoms with Crippen molar-refractivity contribution in [3.63, 3.8) is 0 Å². The summed E-state index contributed by atoms with van der Waals surface area (Å²) in [7, 11) is 1.58. The van der Waals surface area contributed by atoms with Gasteiger partial charge in [-0.3, -0.25) is 4.68 Å². The number of aromatic nitrogens is 7. The van der Waals surface area contributed by atoms with Gasteiger partial charge in [0.25, 0.3) is 0 Å². The lowest BCUT2D eigenvalue weighted by molar-refractivity contribution is -0.192. The zero-order chi connectivity index (χ0) is 29.6. The largest absolute Gasteiger partial charge is 0.490 e. The highest BCUT2D eigenvalue weighted by molar-refractivity contribution is 5.90. The Morgan fingerprint density at radius 1 is 1.29 bits per heavy atom. The number of nitrogens with zero attached hydrogens (tertiary/aromatic N) is 9. The van der Waals surface area contributed by atoms with Crippen LogP contribution in [0.1, 0.15) is 30.3 Å². The van der Waals surface area contributed by atoms with Crippen LogP contribution < -0.4 is 4.90 Å². The number of halogens is 3. The number of aliphatic carboxylic acids is 1. The molecule has 0 aliphatic carbocycles. The lowest BCUT2D eigenvalue weighted by atomic mass is 9.96. The summed E-state index contributed by atoms with van der Waals surface area (Å²) in [5, 5.41) is 31.8. The number of carboxylic acid groups (broad SMARTS) is 1. The van der Waals surface area contributed by atoms with Crippen molar-refractivity contribution in [3.8, 4) is 23.4 Å². The number of hydrogen-bond acceptors (Lipinski definition) is 10. The Hall–Kier alpha value is -5.09. The van der Waals surface area contributed by atoms with Crippen LogP contribution in [-0.2, 0) is 16.1 Å². The van der Waals surface area contributed by atoms with Crippen LogP contribution >= 0.6 is 0 Å². The molecular weight excluding hydrogens is 545 g/mol. The first-order chi connectivity index (χ1) is 19.7. The summed E-state index contributed by atoms with van der Waals surface area (Å²) < 4.78 is 38.7. The summed E-state index contributed by atoms with van der Waals surface area (Å²) in [6, 6.07) is 6.29. The first kappa shape index (κ1) is 28.9. The molecule has 2 N–H and O–H groups in total. The monoisotopic (exact) mass is 568 g/mol. The Morgan fingerprint density at radius 2 is 2.07 bits per heavy atom. The number of nitrogens with one attached hydrogen (secondary N) is 1. The smallest absolute Gasteiger partial charge is 0.475 e. The van der Waals surface area contributed by atoms with Gasteiger partial charge in [-0.2, -0.15) is 28.8 Å². The quantitative estimate of drug-likeness (QED) is 0.334. The number of carboxylic acids is 1. The Balaban J connectivity index is 0.000000493. The van der Waals surface area contributed by atoms with E-state index >= 15 is 0 Å².